The number of aliphatic hydroxyl groups is 1. The predicted octanol–water partition coefficient (Wildman–Crippen LogP) is 3.22. The number of halogens is 4. The monoisotopic (exact) mass is 298 g/mol. The Hall–Kier alpha value is 0.590. The Morgan fingerprint density at radius 1 is 1.20 bits per heavy atom. The molecule has 0 atom stereocenters. The minimum Gasteiger partial charge on any atom is -0.481 e. The second-order valence-electron chi connectivity index (χ2n) is 3.40. The van der Waals surface area contributed by atoms with Crippen LogP contribution in [0, 0.1) is 0 Å². The zero-order chi connectivity index (χ0) is 12.6. The minimum atomic E-state index is -1.08. The topological polar surface area (TPSA) is 57.5 Å². The van der Waals surface area contributed by atoms with Crippen LogP contribution in [0.4, 0.5) is 0 Å². The van der Waals surface area contributed by atoms with E-state index in [1.807, 2.05) is 0 Å². The van der Waals surface area contributed by atoms with Crippen molar-refractivity contribution in [3.05, 3.63) is 0 Å². The van der Waals surface area contributed by atoms with Crippen LogP contribution in [0.1, 0.15) is 26.7 Å². The summed E-state index contributed by atoms with van der Waals surface area (Å²) in [5, 5.41) is 16.9. The van der Waals surface area contributed by atoms with Gasteiger partial charge in [-0.15, -0.1) is 46.4 Å². The largest absolute Gasteiger partial charge is 0.481 e. The van der Waals surface area contributed by atoms with Crippen molar-refractivity contribution in [3.63, 3.8) is 0 Å². The van der Waals surface area contributed by atoms with E-state index in [0.29, 0.717) is 6.42 Å². The Bertz CT molecular complexity index is 171. The van der Waals surface area contributed by atoms with Gasteiger partial charge in [0, 0.05) is 6.42 Å². The second kappa shape index (κ2) is 8.71. The Labute approximate surface area is 109 Å². The molecule has 0 saturated carbocycles. The standard InChI is InChI=1S/C5H10O3.C3H4Cl4/c1-5(2,8)3-4(6)7;4-2(5)1-3(6)7/h8H,3H2,1-2H3,(H,6,7);2-3H,1H2. The highest BCUT2D eigenvalue weighted by Gasteiger charge is 2.16. The zero-order valence-electron chi connectivity index (χ0n) is 8.38. The normalized spacial score (nSPS) is 11.3. The van der Waals surface area contributed by atoms with Crippen molar-refractivity contribution in [2.24, 2.45) is 0 Å². The number of carboxylic acids is 1. The molecule has 15 heavy (non-hydrogen) atoms. The van der Waals surface area contributed by atoms with Crippen molar-refractivity contribution >= 4 is 52.4 Å². The molecule has 0 aliphatic rings. The average molecular weight is 300 g/mol. The van der Waals surface area contributed by atoms with Crippen molar-refractivity contribution in [3.8, 4) is 0 Å². The first-order valence-electron chi connectivity index (χ1n) is 4.05. The van der Waals surface area contributed by atoms with E-state index in [-0.39, 0.29) is 6.42 Å². The molecule has 0 heterocycles. The minimum absolute atomic E-state index is 0.201. The van der Waals surface area contributed by atoms with Gasteiger partial charge in [0.1, 0.15) is 9.67 Å². The van der Waals surface area contributed by atoms with Gasteiger partial charge in [0.15, 0.2) is 0 Å². The van der Waals surface area contributed by atoms with Gasteiger partial charge in [-0.3, -0.25) is 4.79 Å². The van der Waals surface area contributed by atoms with Gasteiger partial charge in [-0.2, -0.15) is 0 Å². The quantitative estimate of drug-likeness (QED) is 0.784. The van der Waals surface area contributed by atoms with Crippen molar-refractivity contribution in [2.45, 2.75) is 42.0 Å². The lowest BCUT2D eigenvalue weighted by molar-refractivity contribution is -0.141. The Morgan fingerprint density at radius 3 is 1.53 bits per heavy atom. The first-order valence-corrected chi connectivity index (χ1v) is 5.79. The molecule has 2 N–H and O–H groups in total. The number of aliphatic carboxylic acids is 1. The molecular weight excluding hydrogens is 286 g/mol. The Kier molecular flexibility index (Phi) is 10.4. The number of hydrogen-bond acceptors (Lipinski definition) is 2. The molecule has 0 radical (unpaired) electrons. The summed E-state index contributed by atoms with van der Waals surface area (Å²) in [5.41, 5.74) is -1.08. The van der Waals surface area contributed by atoms with Gasteiger partial charge in [0.2, 0.25) is 0 Å². The highest BCUT2D eigenvalue weighted by molar-refractivity contribution is 6.48. The van der Waals surface area contributed by atoms with Gasteiger partial charge >= 0.3 is 5.97 Å². The molecule has 0 spiro atoms. The summed E-state index contributed by atoms with van der Waals surface area (Å²) in [6.45, 7) is 2.92. The smallest absolute Gasteiger partial charge is 0.306 e. The van der Waals surface area contributed by atoms with Crippen LogP contribution in [0.3, 0.4) is 0 Å². The van der Waals surface area contributed by atoms with Crippen LogP contribution in [0.5, 0.6) is 0 Å². The summed E-state index contributed by atoms with van der Waals surface area (Å²) in [4.78, 5) is 8.97. The summed E-state index contributed by atoms with van der Waals surface area (Å²) in [5.74, 6) is -0.975. The molecular formula is C8H14Cl4O3. The highest BCUT2D eigenvalue weighted by atomic mass is 35.5. The van der Waals surface area contributed by atoms with Gasteiger partial charge < -0.3 is 10.2 Å². The van der Waals surface area contributed by atoms with E-state index < -0.39 is 21.2 Å². The number of alkyl halides is 4. The van der Waals surface area contributed by atoms with Crippen LogP contribution in [-0.2, 0) is 4.79 Å². The molecule has 0 aliphatic carbocycles. The van der Waals surface area contributed by atoms with Crippen LogP contribution in [0.25, 0.3) is 0 Å². The maximum Gasteiger partial charge on any atom is 0.306 e. The fraction of sp³-hybridized carbons (Fsp3) is 0.875. The molecule has 0 aromatic heterocycles. The van der Waals surface area contributed by atoms with Crippen LogP contribution in [0.15, 0.2) is 0 Å². The Balaban J connectivity index is 0. The van der Waals surface area contributed by atoms with Crippen LogP contribution >= 0.6 is 46.4 Å². The van der Waals surface area contributed by atoms with Crippen molar-refractivity contribution < 1.29 is 15.0 Å². The van der Waals surface area contributed by atoms with Gasteiger partial charge in [-0.05, 0) is 13.8 Å². The van der Waals surface area contributed by atoms with E-state index in [4.69, 9.17) is 56.6 Å². The molecule has 0 aromatic rings. The van der Waals surface area contributed by atoms with Gasteiger partial charge in [-0.1, -0.05) is 0 Å². The van der Waals surface area contributed by atoms with E-state index in [9.17, 15) is 4.79 Å². The highest BCUT2D eigenvalue weighted by Crippen LogP contribution is 2.16. The molecule has 7 heteroatoms. The fourth-order valence-electron chi connectivity index (χ4n) is 0.505. The van der Waals surface area contributed by atoms with Crippen LogP contribution in [0.2, 0.25) is 0 Å². The van der Waals surface area contributed by atoms with Gasteiger partial charge in [0.05, 0.1) is 12.0 Å². The summed E-state index contributed by atoms with van der Waals surface area (Å²) >= 11 is 21.1. The number of carbonyl (C=O) groups is 1. The fourth-order valence-corrected chi connectivity index (χ4v) is 1.58. The maximum atomic E-state index is 9.85. The van der Waals surface area contributed by atoms with Gasteiger partial charge in [0.25, 0.3) is 0 Å². The lowest BCUT2D eigenvalue weighted by Crippen LogP contribution is -2.22. The first-order chi connectivity index (χ1) is 6.54. The number of carboxylic acid groups (broad SMARTS) is 1. The van der Waals surface area contributed by atoms with Gasteiger partial charge in [-0.25, -0.2) is 0 Å². The van der Waals surface area contributed by atoms with E-state index in [1.54, 1.807) is 0 Å². The number of hydrogen-bond donors (Lipinski definition) is 2. The third-order valence-corrected chi connectivity index (χ3v) is 1.65. The van der Waals surface area contributed by atoms with E-state index in [0.717, 1.165) is 0 Å². The lowest BCUT2D eigenvalue weighted by Gasteiger charge is -2.12. The summed E-state index contributed by atoms with van der Waals surface area (Å²) in [6.07, 6.45) is 0.221. The van der Waals surface area contributed by atoms with E-state index in [2.05, 4.69) is 0 Å². The lowest BCUT2D eigenvalue weighted by atomic mass is 10.1. The second-order valence-corrected chi connectivity index (χ2v) is 5.95. The Morgan fingerprint density at radius 2 is 1.53 bits per heavy atom. The maximum absolute atomic E-state index is 9.85. The molecule has 0 saturated heterocycles. The van der Waals surface area contributed by atoms with E-state index in [1.165, 1.54) is 13.8 Å². The SMILES string of the molecule is CC(C)(O)CC(=O)O.ClC(Cl)CC(Cl)Cl. The van der Waals surface area contributed by atoms with Crippen LogP contribution < -0.4 is 0 Å². The molecule has 0 aliphatic heterocycles. The molecule has 0 bridgehead atoms. The third kappa shape index (κ3) is 25.1. The molecule has 3 nitrogen and oxygen atoms in total. The average Bonchev–Trinajstić information content (AvgIpc) is 1.76. The third-order valence-electron chi connectivity index (χ3n) is 0.940. The van der Waals surface area contributed by atoms with Crippen molar-refractivity contribution in [1.82, 2.24) is 0 Å². The predicted molar refractivity (Wildman–Crippen MR) is 64.2 cm³/mol. The zero-order valence-corrected chi connectivity index (χ0v) is 11.4. The molecule has 0 unspecified atom stereocenters. The van der Waals surface area contributed by atoms with Crippen LogP contribution in [-0.4, -0.2) is 31.5 Å². The first kappa shape index (κ1) is 18.0. The van der Waals surface area contributed by atoms with Crippen molar-refractivity contribution in [1.29, 1.82) is 0 Å². The molecule has 0 fully saturated rings. The summed E-state index contributed by atoms with van der Waals surface area (Å²) in [7, 11) is 0. The molecule has 92 valence electrons. The summed E-state index contributed by atoms with van der Waals surface area (Å²) < 4.78 is 0. The molecule has 0 amide bonds. The summed E-state index contributed by atoms with van der Waals surface area (Å²) in [6, 6.07) is 0. The molecule has 0 aromatic carbocycles. The number of rotatable bonds is 4. The van der Waals surface area contributed by atoms with Crippen molar-refractivity contribution in [2.75, 3.05) is 0 Å². The van der Waals surface area contributed by atoms with E-state index >= 15 is 0 Å². The molecule has 0 rings (SSSR count).